The second-order valence-electron chi connectivity index (χ2n) is 13.4. The molecular formula is C38H48FN3O7. The smallest absolute Gasteiger partial charge is 0.255 e. The van der Waals surface area contributed by atoms with Gasteiger partial charge in [0.1, 0.15) is 18.1 Å². The van der Waals surface area contributed by atoms with E-state index in [4.69, 9.17) is 19.3 Å². The lowest BCUT2D eigenvalue weighted by Gasteiger charge is -2.27. The van der Waals surface area contributed by atoms with Gasteiger partial charge in [0.2, 0.25) is 0 Å². The summed E-state index contributed by atoms with van der Waals surface area (Å²) in [6.45, 7) is 10.5. The van der Waals surface area contributed by atoms with Crippen LogP contribution >= 0.6 is 0 Å². The zero-order valence-electron chi connectivity index (χ0n) is 28.9. The fraction of sp³-hybridized carbons (Fsp3) is 0.447. The molecule has 0 heterocycles. The van der Waals surface area contributed by atoms with Crippen molar-refractivity contribution < 1.29 is 38.1 Å². The van der Waals surface area contributed by atoms with Gasteiger partial charge in [-0.2, -0.15) is 0 Å². The van der Waals surface area contributed by atoms with E-state index in [-0.39, 0.29) is 59.6 Å². The van der Waals surface area contributed by atoms with Crippen LogP contribution in [0, 0.1) is 23.6 Å². The third-order valence-electron chi connectivity index (χ3n) is 8.02. The fourth-order valence-corrected chi connectivity index (χ4v) is 5.26. The van der Waals surface area contributed by atoms with Gasteiger partial charge in [-0.3, -0.25) is 14.4 Å². The van der Waals surface area contributed by atoms with Crippen LogP contribution in [0.1, 0.15) is 91.4 Å². The van der Waals surface area contributed by atoms with Crippen LogP contribution in [0.2, 0.25) is 0 Å². The Hall–Kier alpha value is -4.64. The van der Waals surface area contributed by atoms with Crippen LogP contribution in [-0.4, -0.2) is 55.3 Å². The predicted octanol–water partition coefficient (Wildman–Crippen LogP) is 7.08. The quantitative estimate of drug-likeness (QED) is 0.135. The van der Waals surface area contributed by atoms with Crippen LogP contribution < -0.4 is 30.2 Å². The fourth-order valence-electron chi connectivity index (χ4n) is 5.26. The van der Waals surface area contributed by atoms with Gasteiger partial charge in [-0.05, 0) is 98.0 Å². The first-order valence-corrected chi connectivity index (χ1v) is 16.9. The van der Waals surface area contributed by atoms with E-state index in [9.17, 15) is 18.8 Å². The summed E-state index contributed by atoms with van der Waals surface area (Å²) in [5.41, 5.74) is 1.57. The Labute approximate surface area is 287 Å². The number of amides is 3. The van der Waals surface area contributed by atoms with E-state index in [0.29, 0.717) is 41.8 Å². The summed E-state index contributed by atoms with van der Waals surface area (Å²) >= 11 is 0. The largest absolute Gasteiger partial charge is 0.491 e. The van der Waals surface area contributed by atoms with Crippen molar-refractivity contribution in [2.45, 2.75) is 66.3 Å². The predicted molar refractivity (Wildman–Crippen MR) is 187 cm³/mol. The first kappa shape index (κ1) is 37.2. The lowest BCUT2D eigenvalue weighted by atomic mass is 9.87. The first-order valence-electron chi connectivity index (χ1n) is 16.9. The monoisotopic (exact) mass is 677 g/mol. The maximum Gasteiger partial charge on any atom is 0.255 e. The van der Waals surface area contributed by atoms with Crippen molar-refractivity contribution in [2.75, 3.05) is 37.1 Å². The average molecular weight is 678 g/mol. The molecule has 0 saturated heterocycles. The molecule has 0 atom stereocenters. The number of hydrogen-bond donors (Lipinski definition) is 4. The minimum absolute atomic E-state index is 0.122. The summed E-state index contributed by atoms with van der Waals surface area (Å²) in [6, 6.07) is 13.5. The Kier molecular flexibility index (Phi) is 13.4. The average Bonchev–Trinajstić information content (AvgIpc) is 3.07. The number of carbonyl (C=O) groups is 3. The van der Waals surface area contributed by atoms with E-state index in [2.05, 4.69) is 22.9 Å². The van der Waals surface area contributed by atoms with E-state index in [1.165, 1.54) is 18.2 Å². The van der Waals surface area contributed by atoms with Gasteiger partial charge in [-0.1, -0.05) is 34.6 Å². The number of carbonyl (C=O) groups excluding carboxylic acids is 3. The number of halogens is 1. The number of rotatable bonds is 15. The second-order valence-corrected chi connectivity index (χ2v) is 13.4. The van der Waals surface area contributed by atoms with Gasteiger partial charge >= 0.3 is 0 Å². The van der Waals surface area contributed by atoms with E-state index in [1.807, 2.05) is 27.7 Å². The number of benzene rings is 3. The van der Waals surface area contributed by atoms with Crippen molar-refractivity contribution >= 4 is 29.1 Å². The zero-order valence-corrected chi connectivity index (χ0v) is 28.9. The van der Waals surface area contributed by atoms with Crippen molar-refractivity contribution in [3.05, 3.63) is 77.1 Å². The summed E-state index contributed by atoms with van der Waals surface area (Å²) in [6.07, 6.45) is 4.09. The van der Waals surface area contributed by atoms with Crippen LogP contribution in [0.3, 0.4) is 0 Å². The highest BCUT2D eigenvalue weighted by molar-refractivity contribution is 6.08. The molecule has 1 fully saturated rings. The van der Waals surface area contributed by atoms with Gasteiger partial charge in [0.15, 0.2) is 11.6 Å². The molecule has 49 heavy (non-hydrogen) atoms. The van der Waals surface area contributed by atoms with Crippen molar-refractivity contribution in [3.8, 4) is 17.2 Å². The SMILES string of the molecule is CC(C)COc1cc(C(=O)Nc2ccc(C(=O)N[C@H]3CC[C@H](C)CC3)cc2OCC(C)C)ccc1NC(=O)c1ccc(F)c(OCCO)c1. The van der Waals surface area contributed by atoms with Gasteiger partial charge in [-0.25, -0.2) is 4.39 Å². The summed E-state index contributed by atoms with van der Waals surface area (Å²) in [5, 5.41) is 17.8. The Morgan fingerprint density at radius 2 is 1.18 bits per heavy atom. The highest BCUT2D eigenvalue weighted by Crippen LogP contribution is 2.31. The van der Waals surface area contributed by atoms with Crippen LogP contribution in [0.5, 0.6) is 17.2 Å². The number of hydrogen-bond acceptors (Lipinski definition) is 7. The summed E-state index contributed by atoms with van der Waals surface area (Å²) < 4.78 is 31.4. The summed E-state index contributed by atoms with van der Waals surface area (Å²) in [4.78, 5) is 39.8. The van der Waals surface area contributed by atoms with Gasteiger partial charge in [0, 0.05) is 22.7 Å². The molecule has 4 rings (SSSR count). The zero-order chi connectivity index (χ0) is 35.5. The lowest BCUT2D eigenvalue weighted by Crippen LogP contribution is -2.37. The molecule has 0 spiro atoms. The van der Waals surface area contributed by atoms with Crippen LogP contribution in [-0.2, 0) is 0 Å². The van der Waals surface area contributed by atoms with Gasteiger partial charge in [0.05, 0.1) is 31.2 Å². The Balaban J connectivity index is 1.54. The standard InChI is InChI=1S/C38H48FN3O7/c1-23(2)21-48-34-19-27(36(44)40-29-11-6-25(5)7-12-29)9-14-31(34)42-38(46)28-10-15-32(35(20-28)49-22-24(3)4)41-37(45)26-8-13-30(39)33(18-26)47-17-16-43/h8-10,13-15,18-20,23-25,29,43H,6-7,11-12,16-17,21-22H2,1-5H3,(H,40,44)(H,41,45)(H,42,46)/t25-,29-. The molecule has 0 radical (unpaired) electrons. The number of aliphatic hydroxyl groups is 1. The highest BCUT2D eigenvalue weighted by atomic mass is 19.1. The van der Waals surface area contributed by atoms with Crippen LogP contribution in [0.15, 0.2) is 54.6 Å². The van der Waals surface area contributed by atoms with E-state index in [0.717, 1.165) is 31.7 Å². The molecule has 10 nitrogen and oxygen atoms in total. The maximum absolute atomic E-state index is 14.1. The van der Waals surface area contributed by atoms with E-state index >= 15 is 0 Å². The molecular weight excluding hydrogens is 629 g/mol. The van der Waals surface area contributed by atoms with Crippen molar-refractivity contribution in [3.63, 3.8) is 0 Å². The molecule has 0 aliphatic heterocycles. The molecule has 1 aliphatic rings. The van der Waals surface area contributed by atoms with Gasteiger partial charge in [0.25, 0.3) is 17.7 Å². The van der Waals surface area contributed by atoms with E-state index < -0.39 is 17.6 Å². The van der Waals surface area contributed by atoms with Crippen molar-refractivity contribution in [2.24, 2.45) is 17.8 Å². The maximum atomic E-state index is 14.1. The normalized spacial score (nSPS) is 15.9. The molecule has 1 aliphatic carbocycles. The van der Waals surface area contributed by atoms with Crippen LogP contribution in [0.4, 0.5) is 15.8 Å². The minimum atomic E-state index is -0.661. The number of anilines is 2. The Bertz CT molecular complexity index is 1600. The number of aliphatic hydroxyl groups excluding tert-OH is 1. The summed E-state index contributed by atoms with van der Waals surface area (Å²) in [7, 11) is 0. The van der Waals surface area contributed by atoms with Crippen molar-refractivity contribution in [1.29, 1.82) is 0 Å². The third kappa shape index (κ3) is 10.9. The molecule has 0 unspecified atom stereocenters. The Morgan fingerprint density at radius 3 is 1.67 bits per heavy atom. The second kappa shape index (κ2) is 17.7. The Morgan fingerprint density at radius 1 is 0.714 bits per heavy atom. The molecule has 0 aromatic heterocycles. The topological polar surface area (TPSA) is 135 Å². The molecule has 0 bridgehead atoms. The molecule has 4 N–H and O–H groups in total. The molecule has 3 aromatic rings. The first-order chi connectivity index (χ1) is 23.4. The van der Waals surface area contributed by atoms with Gasteiger partial charge in [-0.15, -0.1) is 0 Å². The molecule has 3 amide bonds. The summed E-state index contributed by atoms with van der Waals surface area (Å²) in [5.74, 6) is -0.290. The molecule has 3 aromatic carbocycles. The number of ether oxygens (including phenoxy) is 3. The highest BCUT2D eigenvalue weighted by Gasteiger charge is 2.22. The minimum Gasteiger partial charge on any atom is -0.491 e. The number of nitrogens with one attached hydrogen (secondary N) is 3. The van der Waals surface area contributed by atoms with Crippen molar-refractivity contribution in [1.82, 2.24) is 5.32 Å². The molecule has 264 valence electrons. The van der Waals surface area contributed by atoms with Gasteiger partial charge < -0.3 is 35.3 Å². The molecule has 11 heteroatoms. The van der Waals surface area contributed by atoms with Crippen LogP contribution in [0.25, 0.3) is 0 Å². The van der Waals surface area contributed by atoms with E-state index in [1.54, 1.807) is 30.3 Å². The lowest BCUT2D eigenvalue weighted by molar-refractivity contribution is 0.0921. The third-order valence-corrected chi connectivity index (χ3v) is 8.02. The molecule has 1 saturated carbocycles.